The minimum absolute atomic E-state index is 0.00741. The molecule has 1 saturated heterocycles. The van der Waals surface area contributed by atoms with Crippen molar-refractivity contribution in [2.45, 2.75) is 19.9 Å². The van der Waals surface area contributed by atoms with E-state index >= 15 is 0 Å². The molecule has 1 aliphatic rings. The number of pyridine rings is 1. The molecule has 2 N–H and O–H groups in total. The van der Waals surface area contributed by atoms with Crippen LogP contribution in [0.3, 0.4) is 0 Å². The molecule has 0 aliphatic carbocycles. The number of benzene rings is 1. The van der Waals surface area contributed by atoms with Gasteiger partial charge in [0.05, 0.1) is 6.54 Å². The SMILES string of the molecule is CCN(CC)C(=O)c1ccc(NC(=O)CN2CCNCC2c2cccnc2)cc1. The Kier molecular flexibility index (Phi) is 7.32. The van der Waals surface area contributed by atoms with Crippen LogP contribution in [-0.4, -0.2) is 65.9 Å². The third-order valence-electron chi connectivity index (χ3n) is 5.24. The largest absolute Gasteiger partial charge is 0.339 e. The Hall–Kier alpha value is -2.77. The van der Waals surface area contributed by atoms with Gasteiger partial charge in [-0.25, -0.2) is 0 Å². The Balaban J connectivity index is 1.60. The van der Waals surface area contributed by atoms with Crippen LogP contribution in [0.15, 0.2) is 48.8 Å². The van der Waals surface area contributed by atoms with Crippen molar-refractivity contribution in [2.24, 2.45) is 0 Å². The van der Waals surface area contributed by atoms with Gasteiger partial charge < -0.3 is 15.5 Å². The second kappa shape index (κ2) is 10.1. The fourth-order valence-electron chi connectivity index (χ4n) is 3.61. The molecule has 1 aromatic carbocycles. The van der Waals surface area contributed by atoms with Crippen LogP contribution in [0.1, 0.15) is 35.8 Å². The quantitative estimate of drug-likeness (QED) is 0.751. The summed E-state index contributed by atoms with van der Waals surface area (Å²) in [4.78, 5) is 33.2. The van der Waals surface area contributed by atoms with Gasteiger partial charge in [0.25, 0.3) is 5.91 Å². The first kappa shape index (κ1) is 21.0. The zero-order valence-electron chi connectivity index (χ0n) is 17.1. The van der Waals surface area contributed by atoms with Crippen LogP contribution in [-0.2, 0) is 4.79 Å². The number of piperazine rings is 1. The van der Waals surface area contributed by atoms with Gasteiger partial charge in [0.15, 0.2) is 0 Å². The highest BCUT2D eigenvalue weighted by molar-refractivity contribution is 5.96. The zero-order chi connectivity index (χ0) is 20.6. The minimum atomic E-state index is -0.0661. The van der Waals surface area contributed by atoms with Gasteiger partial charge in [-0.1, -0.05) is 6.07 Å². The van der Waals surface area contributed by atoms with Crippen molar-refractivity contribution in [3.05, 3.63) is 59.9 Å². The fourth-order valence-corrected chi connectivity index (χ4v) is 3.61. The lowest BCUT2D eigenvalue weighted by molar-refractivity contribution is -0.118. The van der Waals surface area contributed by atoms with Crippen LogP contribution in [0.5, 0.6) is 0 Å². The molecule has 2 aromatic rings. The molecule has 1 fully saturated rings. The van der Waals surface area contributed by atoms with E-state index in [1.165, 1.54) is 0 Å². The average molecular weight is 396 g/mol. The number of carbonyl (C=O) groups is 2. The van der Waals surface area contributed by atoms with Gasteiger partial charge >= 0.3 is 0 Å². The first-order valence-corrected chi connectivity index (χ1v) is 10.2. The first-order chi connectivity index (χ1) is 14.1. The number of hydrogen-bond donors (Lipinski definition) is 2. The normalized spacial score (nSPS) is 17.0. The average Bonchev–Trinajstić information content (AvgIpc) is 2.76. The molecule has 154 valence electrons. The number of anilines is 1. The van der Waals surface area contributed by atoms with E-state index in [-0.39, 0.29) is 17.9 Å². The topological polar surface area (TPSA) is 77.6 Å². The number of nitrogens with zero attached hydrogens (tertiary/aromatic N) is 3. The van der Waals surface area contributed by atoms with Crippen LogP contribution in [0.25, 0.3) is 0 Å². The Morgan fingerprint density at radius 1 is 1.21 bits per heavy atom. The maximum atomic E-state index is 12.6. The highest BCUT2D eigenvalue weighted by Crippen LogP contribution is 2.21. The van der Waals surface area contributed by atoms with Crippen molar-refractivity contribution >= 4 is 17.5 Å². The molecule has 1 atom stereocenters. The number of hydrogen-bond acceptors (Lipinski definition) is 5. The summed E-state index contributed by atoms with van der Waals surface area (Å²) in [6.07, 6.45) is 3.61. The predicted octanol–water partition coefficient (Wildman–Crippen LogP) is 2.15. The number of nitrogens with one attached hydrogen (secondary N) is 2. The van der Waals surface area contributed by atoms with Crippen molar-refractivity contribution in [3.8, 4) is 0 Å². The molecule has 3 rings (SSSR count). The lowest BCUT2D eigenvalue weighted by Gasteiger charge is -2.35. The molecule has 2 heterocycles. The van der Waals surface area contributed by atoms with Crippen molar-refractivity contribution in [1.29, 1.82) is 0 Å². The van der Waals surface area contributed by atoms with E-state index in [0.29, 0.717) is 30.9 Å². The predicted molar refractivity (Wildman–Crippen MR) is 114 cm³/mol. The standard InChI is InChI=1S/C22H29N5O2/c1-3-26(4-2)22(29)17-7-9-19(10-8-17)25-21(28)16-27-13-12-24-15-20(27)18-6-5-11-23-14-18/h5-11,14,20,24H,3-4,12-13,15-16H2,1-2H3,(H,25,28). The summed E-state index contributed by atoms with van der Waals surface area (Å²) < 4.78 is 0. The molecule has 1 aromatic heterocycles. The van der Waals surface area contributed by atoms with Gasteiger partial charge in [0.2, 0.25) is 5.91 Å². The van der Waals surface area contributed by atoms with Gasteiger partial charge in [-0.3, -0.25) is 19.5 Å². The molecule has 29 heavy (non-hydrogen) atoms. The number of amides is 2. The Morgan fingerprint density at radius 2 is 1.97 bits per heavy atom. The summed E-state index contributed by atoms with van der Waals surface area (Å²) in [6.45, 7) is 8.03. The molecule has 0 radical (unpaired) electrons. The molecule has 2 amide bonds. The van der Waals surface area contributed by atoms with Gasteiger partial charge in [0, 0.05) is 62.4 Å². The van der Waals surface area contributed by atoms with E-state index in [2.05, 4.69) is 20.5 Å². The maximum Gasteiger partial charge on any atom is 0.253 e. The summed E-state index contributed by atoms with van der Waals surface area (Å²) in [6, 6.07) is 11.2. The minimum Gasteiger partial charge on any atom is -0.339 e. The van der Waals surface area contributed by atoms with Crippen LogP contribution < -0.4 is 10.6 Å². The van der Waals surface area contributed by atoms with E-state index in [1.54, 1.807) is 35.4 Å². The molecule has 1 aliphatic heterocycles. The zero-order valence-corrected chi connectivity index (χ0v) is 17.1. The first-order valence-electron chi connectivity index (χ1n) is 10.2. The lowest BCUT2D eigenvalue weighted by atomic mass is 10.1. The summed E-state index contributed by atoms with van der Waals surface area (Å²) >= 11 is 0. The second-order valence-corrected chi connectivity index (χ2v) is 7.08. The Labute approximate surface area is 172 Å². The van der Waals surface area contributed by atoms with Crippen molar-refractivity contribution in [1.82, 2.24) is 20.1 Å². The smallest absolute Gasteiger partial charge is 0.253 e. The summed E-state index contributed by atoms with van der Waals surface area (Å²) in [5.41, 5.74) is 2.43. The Bertz CT molecular complexity index is 806. The summed E-state index contributed by atoms with van der Waals surface area (Å²) in [5, 5.41) is 6.33. The lowest BCUT2D eigenvalue weighted by Crippen LogP contribution is -2.48. The van der Waals surface area contributed by atoms with Crippen LogP contribution in [0, 0.1) is 0 Å². The van der Waals surface area contributed by atoms with Crippen LogP contribution in [0.4, 0.5) is 5.69 Å². The van der Waals surface area contributed by atoms with E-state index in [0.717, 1.165) is 25.2 Å². The number of carbonyl (C=O) groups excluding carboxylic acids is 2. The maximum absolute atomic E-state index is 12.6. The molecule has 1 unspecified atom stereocenters. The molecular weight excluding hydrogens is 366 g/mol. The van der Waals surface area contributed by atoms with E-state index in [1.807, 2.05) is 32.2 Å². The fraction of sp³-hybridized carbons (Fsp3) is 0.409. The van der Waals surface area contributed by atoms with E-state index < -0.39 is 0 Å². The second-order valence-electron chi connectivity index (χ2n) is 7.08. The van der Waals surface area contributed by atoms with Crippen LogP contribution >= 0.6 is 0 Å². The highest BCUT2D eigenvalue weighted by Gasteiger charge is 2.25. The molecular formula is C22H29N5O2. The van der Waals surface area contributed by atoms with E-state index in [4.69, 9.17) is 0 Å². The van der Waals surface area contributed by atoms with Crippen molar-refractivity contribution in [2.75, 3.05) is 44.6 Å². The summed E-state index contributed by atoms with van der Waals surface area (Å²) in [7, 11) is 0. The molecule has 7 nitrogen and oxygen atoms in total. The number of rotatable bonds is 7. The van der Waals surface area contributed by atoms with Gasteiger partial charge in [-0.05, 0) is 49.7 Å². The third-order valence-corrected chi connectivity index (χ3v) is 5.24. The van der Waals surface area contributed by atoms with Crippen molar-refractivity contribution in [3.63, 3.8) is 0 Å². The number of aromatic nitrogens is 1. The molecule has 0 saturated carbocycles. The molecule has 7 heteroatoms. The monoisotopic (exact) mass is 395 g/mol. The van der Waals surface area contributed by atoms with Crippen molar-refractivity contribution < 1.29 is 9.59 Å². The Morgan fingerprint density at radius 3 is 2.62 bits per heavy atom. The van der Waals surface area contributed by atoms with Gasteiger partial charge in [-0.2, -0.15) is 0 Å². The molecule has 0 bridgehead atoms. The third kappa shape index (κ3) is 5.40. The van der Waals surface area contributed by atoms with E-state index in [9.17, 15) is 9.59 Å². The van der Waals surface area contributed by atoms with Gasteiger partial charge in [-0.15, -0.1) is 0 Å². The van der Waals surface area contributed by atoms with Gasteiger partial charge in [0.1, 0.15) is 0 Å². The molecule has 0 spiro atoms. The highest BCUT2D eigenvalue weighted by atomic mass is 16.2. The summed E-state index contributed by atoms with van der Waals surface area (Å²) in [5.74, 6) is -0.0587. The van der Waals surface area contributed by atoms with Crippen LogP contribution in [0.2, 0.25) is 0 Å².